The molecule has 0 spiro atoms. The minimum Gasteiger partial charge on any atom is -0.338 e. The third kappa shape index (κ3) is 4.20. The van der Waals surface area contributed by atoms with Gasteiger partial charge in [0.15, 0.2) is 0 Å². The Hall–Kier alpha value is -2.13. The van der Waals surface area contributed by atoms with E-state index in [2.05, 4.69) is 35.3 Å². The molecule has 1 fully saturated rings. The molecule has 1 saturated heterocycles. The topological polar surface area (TPSA) is 87.1 Å². The molecule has 0 saturated carbocycles. The van der Waals surface area contributed by atoms with Gasteiger partial charge in [-0.2, -0.15) is 0 Å². The van der Waals surface area contributed by atoms with Crippen molar-refractivity contribution in [2.75, 3.05) is 42.9 Å². The summed E-state index contributed by atoms with van der Waals surface area (Å²) in [5.41, 5.74) is 0. The molecule has 0 atom stereocenters. The predicted octanol–water partition coefficient (Wildman–Crippen LogP) is 0.651. The van der Waals surface area contributed by atoms with Gasteiger partial charge in [0.1, 0.15) is 5.01 Å². The summed E-state index contributed by atoms with van der Waals surface area (Å²) in [6, 6.07) is 1.81. The molecule has 1 amide bonds. The van der Waals surface area contributed by atoms with E-state index in [4.69, 9.17) is 0 Å². The molecule has 0 bridgehead atoms. The molecule has 1 aliphatic heterocycles. The van der Waals surface area contributed by atoms with Crippen molar-refractivity contribution in [2.45, 2.75) is 13.3 Å². The number of aromatic nitrogens is 4. The highest BCUT2D eigenvalue weighted by Crippen LogP contribution is 2.15. The molecule has 3 heterocycles. The average Bonchev–Trinajstić information content (AvgIpc) is 3.04. The number of carbonyl (C=O) groups excluding carboxylic acids is 1. The van der Waals surface area contributed by atoms with Gasteiger partial charge in [0, 0.05) is 38.6 Å². The smallest absolute Gasteiger partial charge is 0.240 e. The van der Waals surface area contributed by atoms with Gasteiger partial charge < -0.3 is 4.90 Å². The molecule has 122 valence electrons. The largest absolute Gasteiger partial charge is 0.338 e. The van der Waals surface area contributed by atoms with Gasteiger partial charge >= 0.3 is 0 Å². The molecule has 0 radical (unpaired) electrons. The standard InChI is InChI=1S/C14H19N7OS/c1-2-12-18-19-14(23-12)17-11(22)10-20-6-8-21(9-7-20)13-15-4-3-5-16-13/h3-5H,2,6-10H2,1H3,(H,17,19,22). The van der Waals surface area contributed by atoms with Crippen molar-refractivity contribution in [2.24, 2.45) is 0 Å². The Morgan fingerprint density at radius 3 is 2.61 bits per heavy atom. The first kappa shape index (κ1) is 15.8. The fourth-order valence-corrected chi connectivity index (χ4v) is 3.07. The zero-order valence-electron chi connectivity index (χ0n) is 13.0. The fourth-order valence-electron chi connectivity index (χ4n) is 2.37. The van der Waals surface area contributed by atoms with Crippen LogP contribution in [0.4, 0.5) is 11.1 Å². The molecule has 8 nitrogen and oxygen atoms in total. The Bertz CT molecular complexity index is 640. The van der Waals surface area contributed by atoms with Gasteiger partial charge in [-0.1, -0.05) is 18.3 Å². The molecule has 2 aromatic heterocycles. The first-order valence-electron chi connectivity index (χ1n) is 7.61. The number of carbonyl (C=O) groups is 1. The summed E-state index contributed by atoms with van der Waals surface area (Å²) in [5, 5.41) is 12.3. The lowest BCUT2D eigenvalue weighted by Gasteiger charge is -2.34. The van der Waals surface area contributed by atoms with Crippen LogP contribution in [0.1, 0.15) is 11.9 Å². The van der Waals surface area contributed by atoms with Crippen LogP contribution in [0.25, 0.3) is 0 Å². The van der Waals surface area contributed by atoms with Crippen molar-refractivity contribution in [3.05, 3.63) is 23.5 Å². The van der Waals surface area contributed by atoms with Gasteiger partial charge in [0.05, 0.1) is 6.54 Å². The van der Waals surface area contributed by atoms with Crippen LogP contribution in [-0.4, -0.2) is 63.7 Å². The molecule has 0 unspecified atom stereocenters. The highest BCUT2D eigenvalue weighted by molar-refractivity contribution is 7.15. The minimum atomic E-state index is -0.0479. The van der Waals surface area contributed by atoms with Crippen LogP contribution in [0, 0.1) is 0 Å². The molecule has 3 rings (SSSR count). The van der Waals surface area contributed by atoms with Crippen molar-refractivity contribution in [1.82, 2.24) is 25.1 Å². The highest BCUT2D eigenvalue weighted by Gasteiger charge is 2.20. The molecule has 0 aliphatic carbocycles. The maximum Gasteiger partial charge on any atom is 0.240 e. The number of rotatable bonds is 5. The van der Waals surface area contributed by atoms with E-state index in [1.807, 2.05) is 13.0 Å². The number of nitrogens with zero attached hydrogens (tertiary/aromatic N) is 6. The first-order valence-corrected chi connectivity index (χ1v) is 8.43. The lowest BCUT2D eigenvalue weighted by molar-refractivity contribution is -0.117. The Labute approximate surface area is 138 Å². The number of piperazine rings is 1. The zero-order chi connectivity index (χ0) is 16.1. The predicted molar refractivity (Wildman–Crippen MR) is 88.6 cm³/mol. The molecule has 2 aromatic rings. The maximum absolute atomic E-state index is 12.1. The van der Waals surface area contributed by atoms with Crippen LogP contribution < -0.4 is 10.2 Å². The Kier molecular flexibility index (Phi) is 5.09. The SMILES string of the molecule is CCc1nnc(NC(=O)CN2CCN(c3ncccn3)CC2)s1. The monoisotopic (exact) mass is 333 g/mol. The number of nitrogens with one attached hydrogen (secondary N) is 1. The summed E-state index contributed by atoms with van der Waals surface area (Å²) in [4.78, 5) is 24.8. The van der Waals surface area contributed by atoms with Crippen molar-refractivity contribution in [3.63, 3.8) is 0 Å². The molecular weight excluding hydrogens is 314 g/mol. The van der Waals surface area contributed by atoms with Crippen molar-refractivity contribution < 1.29 is 4.79 Å². The molecule has 23 heavy (non-hydrogen) atoms. The summed E-state index contributed by atoms with van der Waals surface area (Å²) in [6.45, 7) is 5.63. The summed E-state index contributed by atoms with van der Waals surface area (Å²) >= 11 is 1.42. The molecule has 1 aliphatic rings. The Morgan fingerprint density at radius 2 is 1.96 bits per heavy atom. The maximum atomic E-state index is 12.1. The Balaban J connectivity index is 1.46. The quantitative estimate of drug-likeness (QED) is 0.859. The van der Waals surface area contributed by atoms with E-state index in [-0.39, 0.29) is 5.91 Å². The minimum absolute atomic E-state index is 0.0479. The van der Waals surface area contributed by atoms with E-state index in [9.17, 15) is 4.79 Å². The third-order valence-electron chi connectivity index (χ3n) is 3.59. The second-order valence-corrected chi connectivity index (χ2v) is 6.28. The molecule has 1 N–H and O–H groups in total. The van der Waals surface area contributed by atoms with Gasteiger partial charge in [-0.3, -0.25) is 15.0 Å². The van der Waals surface area contributed by atoms with Crippen LogP contribution in [0.3, 0.4) is 0 Å². The van der Waals surface area contributed by atoms with Gasteiger partial charge in [-0.15, -0.1) is 10.2 Å². The summed E-state index contributed by atoms with van der Waals surface area (Å²) in [6.07, 6.45) is 4.32. The van der Waals surface area contributed by atoms with E-state index < -0.39 is 0 Å². The van der Waals surface area contributed by atoms with Crippen molar-refractivity contribution in [1.29, 1.82) is 0 Å². The number of aryl methyl sites for hydroxylation is 1. The fraction of sp³-hybridized carbons (Fsp3) is 0.500. The molecule has 0 aromatic carbocycles. The van der Waals surface area contributed by atoms with Crippen LogP contribution in [0.2, 0.25) is 0 Å². The van der Waals surface area contributed by atoms with Crippen molar-refractivity contribution in [3.8, 4) is 0 Å². The van der Waals surface area contributed by atoms with Crippen molar-refractivity contribution >= 4 is 28.3 Å². The van der Waals surface area contributed by atoms with Crippen LogP contribution in [0.5, 0.6) is 0 Å². The Morgan fingerprint density at radius 1 is 1.22 bits per heavy atom. The number of amides is 1. The summed E-state index contributed by atoms with van der Waals surface area (Å²) in [7, 11) is 0. The second-order valence-electron chi connectivity index (χ2n) is 5.21. The summed E-state index contributed by atoms with van der Waals surface area (Å²) < 4.78 is 0. The van der Waals surface area contributed by atoms with E-state index >= 15 is 0 Å². The van der Waals surface area contributed by atoms with E-state index in [1.165, 1.54) is 11.3 Å². The van der Waals surface area contributed by atoms with E-state index in [1.54, 1.807) is 12.4 Å². The van der Waals surface area contributed by atoms with Gasteiger partial charge in [0.25, 0.3) is 0 Å². The van der Waals surface area contributed by atoms with Gasteiger partial charge in [0.2, 0.25) is 17.0 Å². The van der Waals surface area contributed by atoms with Gasteiger partial charge in [-0.25, -0.2) is 9.97 Å². The number of hydrogen-bond acceptors (Lipinski definition) is 8. The average molecular weight is 333 g/mol. The lowest BCUT2D eigenvalue weighted by atomic mass is 10.3. The highest BCUT2D eigenvalue weighted by atomic mass is 32.1. The summed E-state index contributed by atoms with van der Waals surface area (Å²) in [5.74, 6) is 0.700. The number of hydrogen-bond donors (Lipinski definition) is 1. The van der Waals surface area contributed by atoms with Gasteiger partial charge in [-0.05, 0) is 12.5 Å². The normalized spacial score (nSPS) is 15.6. The number of anilines is 2. The van der Waals surface area contributed by atoms with Crippen LogP contribution in [-0.2, 0) is 11.2 Å². The van der Waals surface area contributed by atoms with Crippen LogP contribution >= 0.6 is 11.3 Å². The van der Waals surface area contributed by atoms with Crippen LogP contribution in [0.15, 0.2) is 18.5 Å². The zero-order valence-corrected chi connectivity index (χ0v) is 13.8. The first-order chi connectivity index (χ1) is 11.2. The molecule has 9 heteroatoms. The molecular formula is C14H19N7OS. The van der Waals surface area contributed by atoms with E-state index in [0.29, 0.717) is 11.7 Å². The third-order valence-corrected chi connectivity index (χ3v) is 4.57. The second kappa shape index (κ2) is 7.42. The van der Waals surface area contributed by atoms with E-state index in [0.717, 1.165) is 43.6 Å². The lowest BCUT2D eigenvalue weighted by Crippen LogP contribution is -2.49.